The van der Waals surface area contributed by atoms with Crippen LogP contribution in [-0.2, 0) is 9.53 Å². The van der Waals surface area contributed by atoms with Gasteiger partial charge in [-0.25, -0.2) is 4.79 Å². The molecule has 5 heteroatoms. The van der Waals surface area contributed by atoms with Crippen molar-refractivity contribution < 1.29 is 23.7 Å². The van der Waals surface area contributed by atoms with E-state index in [-0.39, 0.29) is 12.1 Å². The second-order valence-electron chi connectivity index (χ2n) is 8.07. The third-order valence-corrected chi connectivity index (χ3v) is 5.28. The maximum Gasteiger partial charge on any atom is 0.331 e. The summed E-state index contributed by atoms with van der Waals surface area (Å²) in [7, 11) is 4.68. The van der Waals surface area contributed by atoms with E-state index in [0.717, 1.165) is 31.2 Å². The normalized spacial score (nSPS) is 20.4. The molecule has 0 amide bonds. The van der Waals surface area contributed by atoms with E-state index in [9.17, 15) is 4.79 Å². The van der Waals surface area contributed by atoms with Gasteiger partial charge >= 0.3 is 5.97 Å². The highest BCUT2D eigenvalue weighted by Crippen LogP contribution is 2.39. The van der Waals surface area contributed by atoms with Crippen LogP contribution in [0.4, 0.5) is 0 Å². The Morgan fingerprint density at radius 1 is 0.963 bits per heavy atom. The zero-order chi connectivity index (χ0) is 20.0. The van der Waals surface area contributed by atoms with E-state index < -0.39 is 0 Å². The number of methoxy groups -OCH3 is 3. The number of hydrogen-bond acceptors (Lipinski definition) is 5. The average Bonchev–Trinajstić information content (AvgIpc) is 2.65. The van der Waals surface area contributed by atoms with Gasteiger partial charge in [0.15, 0.2) is 11.5 Å². The Kier molecular flexibility index (Phi) is 7.17. The number of rotatable bonds is 6. The van der Waals surface area contributed by atoms with Gasteiger partial charge in [0.2, 0.25) is 5.75 Å². The van der Waals surface area contributed by atoms with Crippen LogP contribution in [0, 0.1) is 11.3 Å². The number of carbonyl (C=O) groups excluding carboxylic acids is 1. The molecule has 0 unspecified atom stereocenters. The Morgan fingerprint density at radius 3 is 1.96 bits per heavy atom. The lowest BCUT2D eigenvalue weighted by molar-refractivity contribution is -0.145. The van der Waals surface area contributed by atoms with Crippen molar-refractivity contribution in [3.8, 4) is 17.2 Å². The second kappa shape index (κ2) is 9.16. The van der Waals surface area contributed by atoms with Crippen LogP contribution in [0.15, 0.2) is 18.2 Å². The topological polar surface area (TPSA) is 54.0 Å². The molecular formula is C22H32O5. The zero-order valence-corrected chi connectivity index (χ0v) is 17.3. The summed E-state index contributed by atoms with van der Waals surface area (Å²) in [4.78, 5) is 12.2. The van der Waals surface area contributed by atoms with Gasteiger partial charge in [-0.15, -0.1) is 0 Å². The number of benzene rings is 1. The van der Waals surface area contributed by atoms with Gasteiger partial charge in [0.05, 0.1) is 21.3 Å². The predicted molar refractivity (Wildman–Crippen MR) is 106 cm³/mol. The molecule has 1 aromatic carbocycles. The van der Waals surface area contributed by atoms with Crippen LogP contribution in [0.25, 0.3) is 6.08 Å². The van der Waals surface area contributed by atoms with E-state index in [1.807, 2.05) is 0 Å². The molecule has 2 rings (SSSR count). The van der Waals surface area contributed by atoms with Gasteiger partial charge in [0.25, 0.3) is 0 Å². The second-order valence-corrected chi connectivity index (χ2v) is 8.07. The van der Waals surface area contributed by atoms with Crippen LogP contribution in [0.1, 0.15) is 52.0 Å². The molecule has 1 aliphatic carbocycles. The van der Waals surface area contributed by atoms with E-state index in [1.165, 1.54) is 6.08 Å². The average molecular weight is 376 g/mol. The summed E-state index contributed by atoms with van der Waals surface area (Å²) in [6, 6.07) is 3.58. The lowest BCUT2D eigenvalue weighted by Gasteiger charge is -2.36. The lowest BCUT2D eigenvalue weighted by Crippen LogP contribution is -2.30. The summed E-state index contributed by atoms with van der Waals surface area (Å²) in [5.74, 6) is 2.00. The van der Waals surface area contributed by atoms with Gasteiger partial charge < -0.3 is 18.9 Å². The smallest absolute Gasteiger partial charge is 0.331 e. The fraction of sp³-hybridized carbons (Fsp3) is 0.591. The van der Waals surface area contributed by atoms with E-state index in [2.05, 4.69) is 20.8 Å². The van der Waals surface area contributed by atoms with Crippen molar-refractivity contribution in [3.63, 3.8) is 0 Å². The molecule has 0 saturated heterocycles. The van der Waals surface area contributed by atoms with Gasteiger partial charge in [-0.1, -0.05) is 20.8 Å². The summed E-state index contributed by atoms with van der Waals surface area (Å²) in [5, 5.41) is 0. The van der Waals surface area contributed by atoms with Crippen molar-refractivity contribution in [2.45, 2.75) is 52.6 Å². The molecule has 0 heterocycles. The molecule has 1 aromatic rings. The van der Waals surface area contributed by atoms with E-state index in [4.69, 9.17) is 18.9 Å². The summed E-state index contributed by atoms with van der Waals surface area (Å²) in [6.07, 6.45) is 7.26. The molecule has 0 atom stereocenters. The van der Waals surface area contributed by atoms with Crippen LogP contribution in [0.3, 0.4) is 0 Å². The van der Waals surface area contributed by atoms with Crippen LogP contribution in [-0.4, -0.2) is 33.4 Å². The highest BCUT2D eigenvalue weighted by atomic mass is 16.5. The predicted octanol–water partition coefficient (Wildman–Crippen LogP) is 4.87. The van der Waals surface area contributed by atoms with Crippen molar-refractivity contribution in [2.24, 2.45) is 11.3 Å². The van der Waals surface area contributed by atoms with Gasteiger partial charge in [-0.05, 0) is 60.8 Å². The fourth-order valence-electron chi connectivity index (χ4n) is 3.61. The Hall–Kier alpha value is -2.17. The first kappa shape index (κ1) is 21.1. The Labute approximate surface area is 162 Å². The van der Waals surface area contributed by atoms with Crippen molar-refractivity contribution in [1.82, 2.24) is 0 Å². The molecule has 0 aromatic heterocycles. The third-order valence-electron chi connectivity index (χ3n) is 5.28. The Bertz CT molecular complexity index is 639. The summed E-state index contributed by atoms with van der Waals surface area (Å²) >= 11 is 0. The molecule has 0 spiro atoms. The number of hydrogen-bond donors (Lipinski definition) is 0. The highest BCUT2D eigenvalue weighted by Gasteiger charge is 2.30. The van der Waals surface area contributed by atoms with Gasteiger partial charge in [0.1, 0.15) is 6.10 Å². The first-order valence-electron chi connectivity index (χ1n) is 9.47. The molecule has 1 saturated carbocycles. The monoisotopic (exact) mass is 376 g/mol. The lowest BCUT2D eigenvalue weighted by atomic mass is 9.72. The molecule has 0 aliphatic heterocycles. The molecular weight excluding hydrogens is 344 g/mol. The summed E-state index contributed by atoms with van der Waals surface area (Å²) < 4.78 is 21.6. The van der Waals surface area contributed by atoms with Crippen molar-refractivity contribution in [2.75, 3.05) is 21.3 Å². The SMILES string of the molecule is COc1cc(C=CC(=O)OC2CCC(C(C)(C)C)CC2)cc(OC)c1OC. The molecule has 0 bridgehead atoms. The molecule has 0 N–H and O–H groups in total. The Morgan fingerprint density at radius 2 is 1.52 bits per heavy atom. The number of esters is 1. The third kappa shape index (κ3) is 5.65. The van der Waals surface area contributed by atoms with Crippen LogP contribution < -0.4 is 14.2 Å². The molecule has 1 fully saturated rings. The molecule has 150 valence electrons. The van der Waals surface area contributed by atoms with Crippen molar-refractivity contribution >= 4 is 12.0 Å². The maximum atomic E-state index is 12.2. The molecule has 27 heavy (non-hydrogen) atoms. The highest BCUT2D eigenvalue weighted by molar-refractivity contribution is 5.87. The minimum atomic E-state index is -0.317. The minimum Gasteiger partial charge on any atom is -0.493 e. The standard InChI is InChI=1S/C22H32O5/c1-22(2,3)16-8-10-17(11-9-16)27-20(23)12-7-15-13-18(24-4)21(26-6)19(14-15)25-5/h7,12-14,16-17H,8-11H2,1-6H3. The van der Waals surface area contributed by atoms with E-state index in [1.54, 1.807) is 39.5 Å². The first-order valence-corrected chi connectivity index (χ1v) is 9.47. The minimum absolute atomic E-state index is 0.0145. The van der Waals surface area contributed by atoms with E-state index >= 15 is 0 Å². The van der Waals surface area contributed by atoms with Crippen LogP contribution >= 0.6 is 0 Å². The first-order chi connectivity index (χ1) is 12.8. The largest absolute Gasteiger partial charge is 0.493 e. The molecule has 5 nitrogen and oxygen atoms in total. The van der Waals surface area contributed by atoms with E-state index in [0.29, 0.717) is 28.6 Å². The molecule has 0 radical (unpaired) electrons. The Balaban J connectivity index is 1.97. The summed E-state index contributed by atoms with van der Waals surface area (Å²) in [5.41, 5.74) is 1.10. The fourth-order valence-corrected chi connectivity index (χ4v) is 3.61. The molecule has 1 aliphatic rings. The van der Waals surface area contributed by atoms with Gasteiger partial charge in [-0.2, -0.15) is 0 Å². The van der Waals surface area contributed by atoms with Crippen LogP contribution in [0.5, 0.6) is 17.2 Å². The zero-order valence-electron chi connectivity index (χ0n) is 17.3. The van der Waals surface area contributed by atoms with Crippen molar-refractivity contribution in [1.29, 1.82) is 0 Å². The maximum absolute atomic E-state index is 12.2. The quantitative estimate of drug-likeness (QED) is 0.523. The van der Waals surface area contributed by atoms with Crippen molar-refractivity contribution in [3.05, 3.63) is 23.8 Å². The van der Waals surface area contributed by atoms with Gasteiger partial charge in [-0.3, -0.25) is 0 Å². The van der Waals surface area contributed by atoms with Gasteiger partial charge in [0, 0.05) is 6.08 Å². The number of carbonyl (C=O) groups is 1. The number of ether oxygens (including phenoxy) is 4. The van der Waals surface area contributed by atoms with Crippen LogP contribution in [0.2, 0.25) is 0 Å². The summed E-state index contributed by atoms with van der Waals surface area (Å²) in [6.45, 7) is 6.85.